The quantitative estimate of drug-likeness (QED) is 0.853. The van der Waals surface area contributed by atoms with Crippen LogP contribution in [0.5, 0.6) is 5.75 Å². The van der Waals surface area contributed by atoms with Crippen LogP contribution in [-0.2, 0) is 6.54 Å². The van der Waals surface area contributed by atoms with Crippen LogP contribution in [0.1, 0.15) is 5.56 Å². The lowest BCUT2D eigenvalue weighted by atomic mass is 10.1. The molecule has 0 spiro atoms. The van der Waals surface area contributed by atoms with Gasteiger partial charge < -0.3 is 15.4 Å². The van der Waals surface area contributed by atoms with Crippen molar-refractivity contribution < 1.29 is 4.74 Å². The summed E-state index contributed by atoms with van der Waals surface area (Å²) in [5.74, 6) is 1.60. The Labute approximate surface area is 128 Å². The molecular weight excluding hydrogens is 286 g/mol. The van der Waals surface area contributed by atoms with Gasteiger partial charge in [0.15, 0.2) is 5.96 Å². The summed E-state index contributed by atoms with van der Waals surface area (Å²) in [5.41, 5.74) is 2.22. The summed E-state index contributed by atoms with van der Waals surface area (Å²) in [6.07, 6.45) is 0. The number of benzene rings is 2. The van der Waals surface area contributed by atoms with Crippen molar-refractivity contribution in [3.63, 3.8) is 0 Å². The number of rotatable bonds is 4. The number of ether oxygens (including phenoxy) is 1. The molecule has 2 aromatic carbocycles. The van der Waals surface area contributed by atoms with Gasteiger partial charge in [-0.2, -0.15) is 0 Å². The van der Waals surface area contributed by atoms with Gasteiger partial charge in [-0.15, -0.1) is 0 Å². The number of para-hydroxylation sites is 1. The number of nitrogens with zero attached hydrogens (tertiary/aromatic N) is 1. The number of halogens is 1. The third kappa shape index (κ3) is 3.67. The van der Waals surface area contributed by atoms with Gasteiger partial charge in [0.05, 0.1) is 12.2 Å². The third-order valence-electron chi connectivity index (χ3n) is 3.15. The summed E-state index contributed by atoms with van der Waals surface area (Å²) in [4.78, 5) is 4.52. The molecule has 3 rings (SSSR count). The highest BCUT2D eigenvalue weighted by Crippen LogP contribution is 2.20. The van der Waals surface area contributed by atoms with E-state index in [0.717, 1.165) is 23.9 Å². The van der Waals surface area contributed by atoms with Crippen LogP contribution in [0.25, 0.3) is 0 Å². The maximum absolute atomic E-state index is 5.82. The molecule has 0 bridgehead atoms. The Bertz CT molecular complexity index is 640. The number of guanidine groups is 1. The van der Waals surface area contributed by atoms with Crippen molar-refractivity contribution in [2.45, 2.75) is 6.54 Å². The lowest BCUT2D eigenvalue weighted by Gasteiger charge is -2.18. The van der Waals surface area contributed by atoms with Crippen LogP contribution < -0.4 is 15.4 Å². The number of hydrogen-bond donors (Lipinski definition) is 2. The van der Waals surface area contributed by atoms with Gasteiger partial charge in [0.25, 0.3) is 0 Å². The zero-order chi connectivity index (χ0) is 14.5. The average Bonchev–Trinajstić information content (AvgIpc) is 2.53. The van der Waals surface area contributed by atoms with E-state index in [9.17, 15) is 0 Å². The molecule has 0 atom stereocenters. The van der Waals surface area contributed by atoms with Crippen molar-refractivity contribution in [1.29, 1.82) is 0 Å². The van der Waals surface area contributed by atoms with Crippen LogP contribution in [0, 0.1) is 0 Å². The standard InChI is InChI=1S/C16H16ClN3O/c17-13-5-7-14(8-6-13)21-10-9-18-16-19-11-12-3-1-2-4-15(12)20-16/h1-8H,9-11H2,(H2,18,19,20). The second-order valence-corrected chi connectivity index (χ2v) is 5.11. The molecule has 0 saturated carbocycles. The summed E-state index contributed by atoms with van der Waals surface area (Å²) < 4.78 is 5.62. The van der Waals surface area contributed by atoms with E-state index < -0.39 is 0 Å². The second-order valence-electron chi connectivity index (χ2n) is 4.67. The normalized spacial score (nSPS) is 12.9. The number of aliphatic imine (C=N–C) groups is 1. The summed E-state index contributed by atoms with van der Waals surface area (Å²) in [6, 6.07) is 15.4. The van der Waals surface area contributed by atoms with Gasteiger partial charge in [-0.1, -0.05) is 29.8 Å². The molecule has 0 amide bonds. The highest BCUT2D eigenvalue weighted by molar-refractivity contribution is 6.30. The first kappa shape index (κ1) is 13.8. The van der Waals surface area contributed by atoms with Gasteiger partial charge in [0.2, 0.25) is 0 Å². The molecule has 2 N–H and O–H groups in total. The van der Waals surface area contributed by atoms with E-state index in [0.29, 0.717) is 18.2 Å². The fourth-order valence-corrected chi connectivity index (χ4v) is 2.21. The van der Waals surface area contributed by atoms with Gasteiger partial charge >= 0.3 is 0 Å². The molecule has 0 aromatic heterocycles. The van der Waals surface area contributed by atoms with Crippen LogP contribution in [0.3, 0.4) is 0 Å². The number of fused-ring (bicyclic) bond motifs is 1. The SMILES string of the molecule is Clc1ccc(OCCNC2=Nc3ccccc3CN2)cc1. The molecule has 1 heterocycles. The maximum atomic E-state index is 5.82. The molecule has 0 fully saturated rings. The van der Waals surface area contributed by atoms with Crippen molar-refractivity contribution in [1.82, 2.24) is 10.6 Å². The van der Waals surface area contributed by atoms with Gasteiger partial charge in [-0.3, -0.25) is 0 Å². The molecule has 5 heteroatoms. The molecule has 2 aromatic rings. The number of nitrogens with one attached hydrogen (secondary N) is 2. The van der Waals surface area contributed by atoms with Crippen molar-refractivity contribution >= 4 is 23.2 Å². The Balaban J connectivity index is 1.48. The Kier molecular flexibility index (Phi) is 4.26. The molecule has 0 radical (unpaired) electrons. The molecular formula is C16H16ClN3O. The van der Waals surface area contributed by atoms with E-state index in [1.807, 2.05) is 42.5 Å². The van der Waals surface area contributed by atoms with Gasteiger partial charge in [-0.05, 0) is 35.9 Å². The van der Waals surface area contributed by atoms with E-state index in [-0.39, 0.29) is 0 Å². The minimum Gasteiger partial charge on any atom is -0.492 e. The van der Waals surface area contributed by atoms with E-state index in [2.05, 4.69) is 21.7 Å². The molecule has 21 heavy (non-hydrogen) atoms. The molecule has 1 aliphatic rings. The molecule has 0 aliphatic carbocycles. The average molecular weight is 302 g/mol. The highest BCUT2D eigenvalue weighted by Gasteiger charge is 2.09. The van der Waals surface area contributed by atoms with Crippen molar-refractivity contribution in [2.24, 2.45) is 4.99 Å². The van der Waals surface area contributed by atoms with E-state index in [1.165, 1.54) is 5.56 Å². The number of hydrogen-bond acceptors (Lipinski definition) is 4. The van der Waals surface area contributed by atoms with E-state index >= 15 is 0 Å². The van der Waals surface area contributed by atoms with Crippen LogP contribution in [0.4, 0.5) is 5.69 Å². The molecule has 108 valence electrons. The summed E-state index contributed by atoms with van der Waals surface area (Å²) in [5, 5.41) is 7.19. The van der Waals surface area contributed by atoms with Crippen LogP contribution in [0.2, 0.25) is 5.02 Å². The smallest absolute Gasteiger partial charge is 0.196 e. The lowest BCUT2D eigenvalue weighted by Crippen LogP contribution is -2.40. The predicted octanol–water partition coefficient (Wildman–Crippen LogP) is 3.10. The first-order chi connectivity index (χ1) is 10.3. The Morgan fingerprint density at radius 3 is 2.81 bits per heavy atom. The Hall–Kier alpha value is -2.20. The highest BCUT2D eigenvalue weighted by atomic mass is 35.5. The largest absolute Gasteiger partial charge is 0.492 e. The Morgan fingerprint density at radius 1 is 1.14 bits per heavy atom. The minimum absolute atomic E-state index is 0.560. The summed E-state index contributed by atoms with van der Waals surface area (Å²) in [6.45, 7) is 2.03. The lowest BCUT2D eigenvalue weighted by molar-refractivity contribution is 0.322. The van der Waals surface area contributed by atoms with Gasteiger partial charge in [-0.25, -0.2) is 4.99 Å². The van der Waals surface area contributed by atoms with Crippen molar-refractivity contribution in [2.75, 3.05) is 13.2 Å². The topological polar surface area (TPSA) is 45.6 Å². The van der Waals surface area contributed by atoms with Gasteiger partial charge in [0.1, 0.15) is 12.4 Å². The molecule has 0 saturated heterocycles. The Morgan fingerprint density at radius 2 is 1.95 bits per heavy atom. The van der Waals surface area contributed by atoms with E-state index in [4.69, 9.17) is 16.3 Å². The fourth-order valence-electron chi connectivity index (χ4n) is 2.08. The van der Waals surface area contributed by atoms with E-state index in [1.54, 1.807) is 0 Å². The predicted molar refractivity (Wildman–Crippen MR) is 85.3 cm³/mol. The first-order valence-electron chi connectivity index (χ1n) is 6.84. The zero-order valence-electron chi connectivity index (χ0n) is 11.5. The van der Waals surface area contributed by atoms with Crippen molar-refractivity contribution in [3.05, 3.63) is 59.1 Å². The summed E-state index contributed by atoms with van der Waals surface area (Å²) >= 11 is 5.82. The second kappa shape index (κ2) is 6.50. The zero-order valence-corrected chi connectivity index (χ0v) is 12.2. The van der Waals surface area contributed by atoms with Crippen LogP contribution >= 0.6 is 11.6 Å². The molecule has 1 aliphatic heterocycles. The first-order valence-corrected chi connectivity index (χ1v) is 7.22. The van der Waals surface area contributed by atoms with Gasteiger partial charge in [0, 0.05) is 11.6 Å². The van der Waals surface area contributed by atoms with Crippen LogP contribution in [0.15, 0.2) is 53.5 Å². The fraction of sp³-hybridized carbons (Fsp3) is 0.188. The van der Waals surface area contributed by atoms with Crippen LogP contribution in [-0.4, -0.2) is 19.1 Å². The minimum atomic E-state index is 0.560. The monoisotopic (exact) mass is 301 g/mol. The maximum Gasteiger partial charge on any atom is 0.196 e. The van der Waals surface area contributed by atoms with Crippen molar-refractivity contribution in [3.8, 4) is 5.75 Å². The third-order valence-corrected chi connectivity index (χ3v) is 3.40. The molecule has 4 nitrogen and oxygen atoms in total. The summed E-state index contributed by atoms with van der Waals surface area (Å²) in [7, 11) is 0. The molecule has 0 unspecified atom stereocenters.